The molecule has 0 saturated heterocycles. The fourth-order valence-electron chi connectivity index (χ4n) is 2.83. The van der Waals surface area contributed by atoms with Crippen molar-refractivity contribution in [1.29, 1.82) is 0 Å². The molecule has 1 aromatic carbocycles. The van der Waals surface area contributed by atoms with Crippen LogP contribution in [0.1, 0.15) is 31.2 Å². The molecule has 1 aliphatic carbocycles. The molecule has 0 heterocycles. The van der Waals surface area contributed by atoms with Gasteiger partial charge in [0.25, 0.3) is 0 Å². The maximum absolute atomic E-state index is 12.3. The van der Waals surface area contributed by atoms with Crippen LogP contribution in [0.2, 0.25) is 0 Å². The third kappa shape index (κ3) is 3.73. The molecule has 4 heteroatoms. The Morgan fingerprint density at radius 1 is 1.20 bits per heavy atom. The molecule has 1 aromatic rings. The van der Waals surface area contributed by atoms with Crippen molar-refractivity contribution >= 4 is 5.91 Å². The predicted octanol–water partition coefficient (Wildman–Crippen LogP) is 1.94. The van der Waals surface area contributed by atoms with Crippen molar-refractivity contribution in [1.82, 2.24) is 4.90 Å². The van der Waals surface area contributed by atoms with Gasteiger partial charge in [-0.1, -0.05) is 12.1 Å². The van der Waals surface area contributed by atoms with Crippen molar-refractivity contribution in [2.24, 2.45) is 5.92 Å². The van der Waals surface area contributed by atoms with Crippen LogP contribution in [0.25, 0.3) is 0 Å². The highest BCUT2D eigenvalue weighted by Gasteiger charge is 2.26. The normalized spacial score (nSPS) is 22.5. The number of hydrogen-bond donors (Lipinski definition) is 2. The number of likely N-dealkylation sites (N-methyl/N-ethyl adjacent to an activating group) is 1. The molecule has 1 fully saturated rings. The molecule has 0 bridgehead atoms. The Labute approximate surface area is 120 Å². The molecule has 0 radical (unpaired) electrons. The van der Waals surface area contributed by atoms with Crippen LogP contribution in [0.5, 0.6) is 5.75 Å². The third-order valence-corrected chi connectivity index (χ3v) is 4.31. The van der Waals surface area contributed by atoms with Crippen LogP contribution in [0, 0.1) is 5.92 Å². The van der Waals surface area contributed by atoms with Gasteiger partial charge in [-0.3, -0.25) is 4.79 Å². The van der Waals surface area contributed by atoms with Crippen LogP contribution in [-0.2, 0) is 11.2 Å². The van der Waals surface area contributed by atoms with Gasteiger partial charge in [0.1, 0.15) is 5.75 Å². The average molecular weight is 277 g/mol. The van der Waals surface area contributed by atoms with E-state index in [0.717, 1.165) is 31.2 Å². The second-order valence-corrected chi connectivity index (χ2v) is 5.70. The second kappa shape index (κ2) is 6.75. The molecule has 0 aliphatic heterocycles. The average Bonchev–Trinajstić information content (AvgIpc) is 2.49. The molecular weight excluding hydrogens is 254 g/mol. The van der Waals surface area contributed by atoms with Crippen molar-refractivity contribution in [2.75, 3.05) is 13.7 Å². The molecule has 0 atom stereocenters. The molecule has 1 aliphatic rings. The number of carbonyl (C=O) groups excluding carboxylic acids is 1. The highest BCUT2D eigenvalue weighted by atomic mass is 16.3. The Bertz CT molecular complexity index is 436. The van der Waals surface area contributed by atoms with E-state index in [4.69, 9.17) is 5.11 Å². The smallest absolute Gasteiger partial charge is 0.226 e. The predicted molar refractivity (Wildman–Crippen MR) is 77.4 cm³/mol. The summed E-state index contributed by atoms with van der Waals surface area (Å²) in [4.78, 5) is 14.1. The SMILES string of the molecule is CN(C(=O)Cc1ccc(O)cc1)C1CCC(CO)CC1. The first-order chi connectivity index (χ1) is 9.60. The summed E-state index contributed by atoms with van der Waals surface area (Å²) in [5.74, 6) is 0.742. The largest absolute Gasteiger partial charge is 0.508 e. The second-order valence-electron chi connectivity index (χ2n) is 5.70. The monoisotopic (exact) mass is 277 g/mol. The first-order valence-electron chi connectivity index (χ1n) is 7.24. The molecule has 0 spiro atoms. The minimum absolute atomic E-state index is 0.114. The van der Waals surface area contributed by atoms with E-state index in [2.05, 4.69) is 0 Å². The van der Waals surface area contributed by atoms with Gasteiger partial charge in [-0.05, 0) is 49.3 Å². The number of hydrogen-bond acceptors (Lipinski definition) is 3. The zero-order valence-electron chi connectivity index (χ0n) is 12.0. The summed E-state index contributed by atoms with van der Waals surface area (Å²) in [5.41, 5.74) is 0.920. The molecular formula is C16H23NO3. The van der Waals surface area contributed by atoms with E-state index in [-0.39, 0.29) is 18.3 Å². The lowest BCUT2D eigenvalue weighted by Gasteiger charge is -2.34. The van der Waals surface area contributed by atoms with Gasteiger partial charge in [0.05, 0.1) is 6.42 Å². The third-order valence-electron chi connectivity index (χ3n) is 4.31. The van der Waals surface area contributed by atoms with Crippen molar-refractivity contribution < 1.29 is 15.0 Å². The van der Waals surface area contributed by atoms with Crippen molar-refractivity contribution in [3.63, 3.8) is 0 Å². The van der Waals surface area contributed by atoms with Crippen molar-refractivity contribution in [2.45, 2.75) is 38.1 Å². The van der Waals surface area contributed by atoms with Crippen LogP contribution in [0.3, 0.4) is 0 Å². The number of rotatable bonds is 4. The number of amides is 1. The van der Waals surface area contributed by atoms with E-state index >= 15 is 0 Å². The summed E-state index contributed by atoms with van der Waals surface area (Å²) in [6, 6.07) is 7.07. The highest BCUT2D eigenvalue weighted by Crippen LogP contribution is 2.27. The Morgan fingerprint density at radius 3 is 2.35 bits per heavy atom. The number of nitrogens with zero attached hydrogens (tertiary/aromatic N) is 1. The number of phenols is 1. The van der Waals surface area contributed by atoms with Crippen LogP contribution >= 0.6 is 0 Å². The summed E-state index contributed by atoms with van der Waals surface area (Å²) in [6.45, 7) is 0.262. The number of phenolic OH excluding ortho intramolecular Hbond substituents is 1. The van der Waals surface area contributed by atoms with Gasteiger partial charge in [-0.25, -0.2) is 0 Å². The molecule has 110 valence electrons. The van der Waals surface area contributed by atoms with E-state index < -0.39 is 0 Å². The number of aliphatic hydroxyl groups excluding tert-OH is 1. The Hall–Kier alpha value is -1.55. The fraction of sp³-hybridized carbons (Fsp3) is 0.562. The topological polar surface area (TPSA) is 60.8 Å². The van der Waals surface area contributed by atoms with E-state index in [1.807, 2.05) is 11.9 Å². The van der Waals surface area contributed by atoms with Crippen molar-refractivity contribution in [3.8, 4) is 5.75 Å². The van der Waals surface area contributed by atoms with Crippen LogP contribution in [0.15, 0.2) is 24.3 Å². The summed E-state index contributed by atoms with van der Waals surface area (Å²) < 4.78 is 0. The fourth-order valence-corrected chi connectivity index (χ4v) is 2.83. The van der Waals surface area contributed by atoms with Gasteiger partial charge in [0, 0.05) is 19.7 Å². The molecule has 1 amide bonds. The van der Waals surface area contributed by atoms with Gasteiger partial charge in [0.15, 0.2) is 0 Å². The molecule has 4 nitrogen and oxygen atoms in total. The quantitative estimate of drug-likeness (QED) is 0.884. The van der Waals surface area contributed by atoms with Gasteiger partial charge < -0.3 is 15.1 Å². The van der Waals surface area contributed by atoms with Gasteiger partial charge in [-0.2, -0.15) is 0 Å². The first-order valence-corrected chi connectivity index (χ1v) is 7.24. The standard InChI is InChI=1S/C16H23NO3/c1-17(14-6-2-13(11-18)3-7-14)16(20)10-12-4-8-15(19)9-5-12/h4-5,8-9,13-14,18-19H,2-3,6-7,10-11H2,1H3. The van der Waals surface area contributed by atoms with Crippen LogP contribution < -0.4 is 0 Å². The lowest BCUT2D eigenvalue weighted by molar-refractivity contribution is -0.132. The number of benzene rings is 1. The van der Waals surface area contributed by atoms with Gasteiger partial charge in [0.2, 0.25) is 5.91 Å². The number of aliphatic hydroxyl groups is 1. The Balaban J connectivity index is 1.87. The Morgan fingerprint density at radius 2 is 1.80 bits per heavy atom. The zero-order chi connectivity index (χ0) is 14.5. The minimum Gasteiger partial charge on any atom is -0.508 e. The lowest BCUT2D eigenvalue weighted by atomic mass is 9.86. The molecule has 0 aromatic heterocycles. The maximum Gasteiger partial charge on any atom is 0.226 e. The van der Waals surface area contributed by atoms with E-state index in [1.165, 1.54) is 0 Å². The highest BCUT2D eigenvalue weighted by molar-refractivity contribution is 5.78. The summed E-state index contributed by atoms with van der Waals surface area (Å²) in [6.07, 6.45) is 4.32. The lowest BCUT2D eigenvalue weighted by Crippen LogP contribution is -2.40. The minimum atomic E-state index is 0.114. The summed E-state index contributed by atoms with van der Waals surface area (Å²) >= 11 is 0. The zero-order valence-corrected chi connectivity index (χ0v) is 12.0. The number of carbonyl (C=O) groups is 1. The molecule has 1 saturated carbocycles. The first kappa shape index (κ1) is 14.9. The molecule has 20 heavy (non-hydrogen) atoms. The maximum atomic E-state index is 12.3. The molecule has 2 N–H and O–H groups in total. The van der Waals surface area contributed by atoms with E-state index in [0.29, 0.717) is 18.4 Å². The van der Waals surface area contributed by atoms with Gasteiger partial charge in [-0.15, -0.1) is 0 Å². The summed E-state index contributed by atoms with van der Waals surface area (Å²) in [7, 11) is 1.87. The van der Waals surface area contributed by atoms with Crippen LogP contribution in [0.4, 0.5) is 0 Å². The van der Waals surface area contributed by atoms with Crippen molar-refractivity contribution in [3.05, 3.63) is 29.8 Å². The van der Waals surface area contributed by atoms with Gasteiger partial charge >= 0.3 is 0 Å². The van der Waals surface area contributed by atoms with E-state index in [9.17, 15) is 9.90 Å². The van der Waals surface area contributed by atoms with E-state index in [1.54, 1.807) is 24.3 Å². The Kier molecular flexibility index (Phi) is 5.01. The van der Waals surface area contributed by atoms with Crippen LogP contribution in [-0.4, -0.2) is 40.7 Å². The molecule has 0 unspecified atom stereocenters. The molecule has 2 rings (SSSR count). The summed E-state index contributed by atoms with van der Waals surface area (Å²) in [5, 5.41) is 18.4. The number of aromatic hydroxyl groups is 1.